The van der Waals surface area contributed by atoms with Crippen LogP contribution in [0.4, 0.5) is 4.39 Å². The van der Waals surface area contributed by atoms with Crippen molar-refractivity contribution in [2.45, 2.75) is 32.9 Å². The minimum Gasteiger partial charge on any atom is -0.375 e. The van der Waals surface area contributed by atoms with E-state index in [-0.39, 0.29) is 11.4 Å². The Morgan fingerprint density at radius 2 is 1.94 bits per heavy atom. The summed E-state index contributed by atoms with van der Waals surface area (Å²) < 4.78 is 18.6. The molecule has 0 amide bonds. The van der Waals surface area contributed by atoms with Crippen molar-refractivity contribution in [3.8, 4) is 0 Å². The summed E-state index contributed by atoms with van der Waals surface area (Å²) in [5, 5.41) is 3.30. The van der Waals surface area contributed by atoms with Crippen LogP contribution in [0.5, 0.6) is 0 Å². The van der Waals surface area contributed by atoms with Crippen LogP contribution in [-0.2, 0) is 11.3 Å². The molecule has 0 radical (unpaired) electrons. The zero-order valence-corrected chi connectivity index (χ0v) is 10.2. The maximum Gasteiger partial charge on any atom is 0.128 e. The first-order chi connectivity index (χ1) is 7.49. The van der Waals surface area contributed by atoms with E-state index in [0.29, 0.717) is 18.8 Å². The molecule has 0 aromatic heterocycles. The van der Waals surface area contributed by atoms with Crippen molar-refractivity contribution in [3.63, 3.8) is 0 Å². The highest BCUT2D eigenvalue weighted by atomic mass is 19.1. The maximum atomic E-state index is 13.2. The topological polar surface area (TPSA) is 21.3 Å². The molecule has 0 fully saturated rings. The van der Waals surface area contributed by atoms with Crippen LogP contribution in [0.15, 0.2) is 24.3 Å². The van der Waals surface area contributed by atoms with Crippen molar-refractivity contribution >= 4 is 0 Å². The van der Waals surface area contributed by atoms with Gasteiger partial charge in [0.25, 0.3) is 0 Å². The second-order valence-corrected chi connectivity index (χ2v) is 4.82. The van der Waals surface area contributed by atoms with Crippen LogP contribution < -0.4 is 5.32 Å². The molecule has 0 heterocycles. The molecule has 0 saturated heterocycles. The van der Waals surface area contributed by atoms with Gasteiger partial charge in [-0.05, 0) is 26.8 Å². The molecule has 0 aliphatic rings. The summed E-state index contributed by atoms with van der Waals surface area (Å²) in [4.78, 5) is 0. The summed E-state index contributed by atoms with van der Waals surface area (Å²) in [5.74, 6) is -0.203. The normalized spacial score (nSPS) is 11.8. The Kier molecular flexibility index (Phi) is 4.90. The Morgan fingerprint density at radius 1 is 1.25 bits per heavy atom. The van der Waals surface area contributed by atoms with Gasteiger partial charge < -0.3 is 10.1 Å². The van der Waals surface area contributed by atoms with E-state index in [1.165, 1.54) is 6.07 Å². The van der Waals surface area contributed by atoms with Crippen molar-refractivity contribution in [2.24, 2.45) is 0 Å². The predicted molar refractivity (Wildman–Crippen MR) is 63.8 cm³/mol. The smallest absolute Gasteiger partial charge is 0.128 e. The highest BCUT2D eigenvalue weighted by molar-refractivity contribution is 5.16. The van der Waals surface area contributed by atoms with Gasteiger partial charge in [-0.15, -0.1) is 0 Å². The van der Waals surface area contributed by atoms with E-state index in [0.717, 1.165) is 6.54 Å². The summed E-state index contributed by atoms with van der Waals surface area (Å²) in [7, 11) is 0. The van der Waals surface area contributed by atoms with E-state index >= 15 is 0 Å². The van der Waals surface area contributed by atoms with Gasteiger partial charge in [0.05, 0.1) is 13.2 Å². The van der Waals surface area contributed by atoms with E-state index in [2.05, 4.69) is 26.1 Å². The first kappa shape index (κ1) is 13.1. The molecule has 90 valence electrons. The Labute approximate surface area is 96.8 Å². The summed E-state index contributed by atoms with van der Waals surface area (Å²) in [5.41, 5.74) is 0.708. The van der Waals surface area contributed by atoms with Crippen LogP contribution in [0.25, 0.3) is 0 Å². The summed E-state index contributed by atoms with van der Waals surface area (Å²) in [6.45, 7) is 8.00. The molecule has 0 spiro atoms. The molecule has 1 rings (SSSR count). The van der Waals surface area contributed by atoms with Crippen molar-refractivity contribution in [1.29, 1.82) is 0 Å². The third kappa shape index (κ3) is 5.24. The monoisotopic (exact) mass is 225 g/mol. The molecule has 2 nitrogen and oxygen atoms in total. The van der Waals surface area contributed by atoms with Gasteiger partial charge in [-0.25, -0.2) is 4.39 Å². The van der Waals surface area contributed by atoms with Gasteiger partial charge in [0.15, 0.2) is 0 Å². The first-order valence-corrected chi connectivity index (χ1v) is 5.55. The van der Waals surface area contributed by atoms with E-state index in [1.807, 2.05) is 6.07 Å². The molecule has 0 aliphatic carbocycles. The van der Waals surface area contributed by atoms with Gasteiger partial charge in [0, 0.05) is 17.6 Å². The molecule has 16 heavy (non-hydrogen) atoms. The number of halogens is 1. The molecule has 1 N–H and O–H groups in total. The lowest BCUT2D eigenvalue weighted by atomic mass is 10.1. The van der Waals surface area contributed by atoms with Gasteiger partial charge in [-0.1, -0.05) is 18.2 Å². The highest BCUT2D eigenvalue weighted by Gasteiger charge is 2.07. The molecule has 0 saturated carbocycles. The van der Waals surface area contributed by atoms with Crippen molar-refractivity contribution < 1.29 is 9.13 Å². The Morgan fingerprint density at radius 3 is 2.56 bits per heavy atom. The summed E-state index contributed by atoms with van der Waals surface area (Å²) >= 11 is 0. The van der Waals surface area contributed by atoms with E-state index in [4.69, 9.17) is 4.74 Å². The fraction of sp³-hybridized carbons (Fsp3) is 0.538. The highest BCUT2D eigenvalue weighted by Crippen LogP contribution is 2.07. The van der Waals surface area contributed by atoms with E-state index in [9.17, 15) is 4.39 Å². The van der Waals surface area contributed by atoms with E-state index < -0.39 is 0 Å². The van der Waals surface area contributed by atoms with Gasteiger partial charge in [0.2, 0.25) is 0 Å². The standard InChI is InChI=1S/C13H20FNO/c1-13(2,3)15-8-9-16-10-11-6-4-5-7-12(11)14/h4-7,15H,8-10H2,1-3H3. The van der Waals surface area contributed by atoms with Gasteiger partial charge in [-0.3, -0.25) is 0 Å². The third-order valence-corrected chi connectivity index (χ3v) is 2.12. The molecule has 0 unspecified atom stereocenters. The number of nitrogens with one attached hydrogen (secondary N) is 1. The zero-order valence-electron chi connectivity index (χ0n) is 10.2. The largest absolute Gasteiger partial charge is 0.375 e. The minimum atomic E-state index is -0.203. The Bertz CT molecular complexity index is 320. The molecule has 0 bridgehead atoms. The zero-order chi connectivity index (χ0) is 12.0. The fourth-order valence-electron chi connectivity index (χ4n) is 1.30. The Balaban J connectivity index is 2.19. The number of hydrogen-bond donors (Lipinski definition) is 1. The Hall–Kier alpha value is -0.930. The minimum absolute atomic E-state index is 0.0986. The molecular weight excluding hydrogens is 205 g/mol. The van der Waals surface area contributed by atoms with Gasteiger partial charge in [0.1, 0.15) is 5.82 Å². The average molecular weight is 225 g/mol. The number of benzene rings is 1. The average Bonchev–Trinajstić information content (AvgIpc) is 2.18. The van der Waals surface area contributed by atoms with Crippen LogP contribution in [0, 0.1) is 5.82 Å². The van der Waals surface area contributed by atoms with Crippen molar-refractivity contribution in [3.05, 3.63) is 35.6 Å². The predicted octanol–water partition coefficient (Wildman–Crippen LogP) is 2.73. The lowest BCUT2D eigenvalue weighted by molar-refractivity contribution is 0.116. The first-order valence-electron chi connectivity index (χ1n) is 5.55. The number of hydrogen-bond acceptors (Lipinski definition) is 2. The number of ether oxygens (including phenoxy) is 1. The lowest BCUT2D eigenvalue weighted by Crippen LogP contribution is -2.37. The summed E-state index contributed by atoms with van der Waals surface area (Å²) in [6.07, 6.45) is 0. The van der Waals surface area contributed by atoms with Crippen LogP contribution in [0.1, 0.15) is 26.3 Å². The maximum absolute atomic E-state index is 13.2. The molecule has 3 heteroatoms. The van der Waals surface area contributed by atoms with Crippen molar-refractivity contribution in [2.75, 3.05) is 13.2 Å². The van der Waals surface area contributed by atoms with Gasteiger partial charge in [-0.2, -0.15) is 0 Å². The van der Waals surface area contributed by atoms with E-state index in [1.54, 1.807) is 12.1 Å². The molecule has 1 aromatic rings. The second-order valence-electron chi connectivity index (χ2n) is 4.82. The quantitative estimate of drug-likeness (QED) is 0.778. The summed E-state index contributed by atoms with van der Waals surface area (Å²) in [6, 6.07) is 6.69. The third-order valence-electron chi connectivity index (χ3n) is 2.12. The fourth-order valence-corrected chi connectivity index (χ4v) is 1.30. The van der Waals surface area contributed by atoms with Crippen molar-refractivity contribution in [1.82, 2.24) is 5.32 Å². The molecule has 0 aliphatic heterocycles. The lowest BCUT2D eigenvalue weighted by Gasteiger charge is -2.20. The van der Waals surface area contributed by atoms with Crippen LogP contribution in [0.2, 0.25) is 0 Å². The SMILES string of the molecule is CC(C)(C)NCCOCc1ccccc1F. The molecule has 0 atom stereocenters. The van der Waals surface area contributed by atoms with Gasteiger partial charge >= 0.3 is 0 Å². The molecule has 1 aromatic carbocycles. The number of rotatable bonds is 5. The van der Waals surface area contributed by atoms with Crippen LogP contribution in [0.3, 0.4) is 0 Å². The molecular formula is C13H20FNO. The second kappa shape index (κ2) is 5.97. The van der Waals surface area contributed by atoms with Crippen LogP contribution >= 0.6 is 0 Å². The van der Waals surface area contributed by atoms with Crippen LogP contribution in [-0.4, -0.2) is 18.7 Å².